The quantitative estimate of drug-likeness (QED) is 0.420. The molecule has 0 aromatic carbocycles. The number of sulfone groups is 1. The van der Waals surface area contributed by atoms with Crippen LogP contribution in [0, 0.1) is 11.3 Å². The average Bonchev–Trinajstić information content (AvgIpc) is 3.38. The smallest absolute Gasteiger partial charge is 0.404 e. The number of imidazole rings is 2. The molecule has 1 aliphatic carbocycles. The summed E-state index contributed by atoms with van der Waals surface area (Å²) in [7, 11) is -2.23. The summed E-state index contributed by atoms with van der Waals surface area (Å²) in [6.07, 6.45) is -0.982. The molecule has 0 spiro atoms. The highest BCUT2D eigenvalue weighted by Crippen LogP contribution is 2.48. The number of nitriles is 1. The first-order valence-corrected chi connectivity index (χ1v) is 11.9. The van der Waals surface area contributed by atoms with E-state index in [-0.39, 0.29) is 33.5 Å². The van der Waals surface area contributed by atoms with E-state index in [0.717, 1.165) is 17.8 Å². The van der Waals surface area contributed by atoms with Crippen LogP contribution in [-0.4, -0.2) is 44.5 Å². The van der Waals surface area contributed by atoms with E-state index in [1.807, 2.05) is 0 Å². The summed E-state index contributed by atoms with van der Waals surface area (Å²) < 4.78 is 70.7. The third-order valence-electron chi connectivity index (χ3n) is 5.90. The molecule has 1 aliphatic rings. The van der Waals surface area contributed by atoms with Crippen LogP contribution in [0.3, 0.4) is 0 Å². The summed E-state index contributed by atoms with van der Waals surface area (Å²) in [4.78, 5) is 12.9. The Kier molecular flexibility index (Phi) is 4.67. The van der Waals surface area contributed by atoms with Crippen LogP contribution in [0.4, 0.5) is 13.2 Å². The molecular formula is C21H17F3N6O3S. The van der Waals surface area contributed by atoms with Crippen molar-refractivity contribution in [3.05, 3.63) is 36.2 Å². The fourth-order valence-corrected chi connectivity index (χ4v) is 5.11. The molecule has 0 amide bonds. The molecule has 0 N–H and O–H groups in total. The van der Waals surface area contributed by atoms with Gasteiger partial charge in [0, 0.05) is 19.3 Å². The molecule has 4 heterocycles. The molecule has 4 aromatic rings. The number of nitrogens with zero attached hydrogens (tertiary/aromatic N) is 6. The second kappa shape index (κ2) is 7.17. The molecular weight excluding hydrogens is 473 g/mol. The molecule has 0 bridgehead atoms. The molecule has 0 unspecified atom stereocenters. The number of hydrogen-bond donors (Lipinski definition) is 0. The van der Waals surface area contributed by atoms with Crippen LogP contribution in [0.15, 0.2) is 35.6 Å². The van der Waals surface area contributed by atoms with Crippen LogP contribution in [0.5, 0.6) is 5.75 Å². The Morgan fingerprint density at radius 3 is 2.62 bits per heavy atom. The minimum absolute atomic E-state index is 0.0413. The van der Waals surface area contributed by atoms with E-state index < -0.39 is 27.4 Å². The Morgan fingerprint density at radius 1 is 1.26 bits per heavy atom. The lowest BCUT2D eigenvalue weighted by molar-refractivity contribution is -0.274. The summed E-state index contributed by atoms with van der Waals surface area (Å²) >= 11 is 0. The van der Waals surface area contributed by atoms with Crippen LogP contribution in [0.2, 0.25) is 0 Å². The van der Waals surface area contributed by atoms with Gasteiger partial charge in [0.25, 0.3) is 0 Å². The number of aryl methyl sites for hydroxylation is 1. The van der Waals surface area contributed by atoms with Crippen LogP contribution >= 0.6 is 0 Å². The van der Waals surface area contributed by atoms with E-state index in [9.17, 15) is 26.9 Å². The number of alkyl halides is 3. The molecule has 0 aliphatic heterocycles. The minimum atomic E-state index is -4.89. The van der Waals surface area contributed by atoms with Gasteiger partial charge < -0.3 is 9.30 Å². The summed E-state index contributed by atoms with van der Waals surface area (Å²) in [5.41, 5.74) is 0.831. The molecule has 0 radical (unpaired) electrons. The van der Waals surface area contributed by atoms with Gasteiger partial charge in [-0.1, -0.05) is 6.92 Å². The van der Waals surface area contributed by atoms with E-state index in [1.54, 1.807) is 25.4 Å². The highest BCUT2D eigenvalue weighted by atomic mass is 32.2. The van der Waals surface area contributed by atoms with Gasteiger partial charge in [0.1, 0.15) is 22.6 Å². The maximum absolute atomic E-state index is 13.0. The van der Waals surface area contributed by atoms with Gasteiger partial charge in [0.05, 0.1) is 23.4 Å². The average molecular weight is 490 g/mol. The second-order valence-corrected chi connectivity index (χ2v) is 10.3. The lowest BCUT2D eigenvalue weighted by Crippen LogP contribution is -2.17. The second-order valence-electron chi connectivity index (χ2n) is 8.06. The Bertz CT molecular complexity index is 1610. The number of fused-ring (bicyclic) bond motifs is 2. The van der Waals surface area contributed by atoms with Gasteiger partial charge in [-0.05, 0) is 30.5 Å². The highest BCUT2D eigenvalue weighted by molar-refractivity contribution is 7.91. The molecule has 0 saturated heterocycles. The van der Waals surface area contributed by atoms with E-state index in [4.69, 9.17) is 0 Å². The van der Waals surface area contributed by atoms with Crippen LogP contribution in [0.1, 0.15) is 25.3 Å². The zero-order valence-electron chi connectivity index (χ0n) is 18.0. The topological polar surface area (TPSA) is 115 Å². The van der Waals surface area contributed by atoms with Crippen molar-refractivity contribution in [2.24, 2.45) is 7.05 Å². The number of hydrogen-bond acceptors (Lipinski definition) is 7. The first-order chi connectivity index (χ1) is 16.0. The Labute approximate surface area is 191 Å². The molecule has 176 valence electrons. The predicted octanol–water partition coefficient (Wildman–Crippen LogP) is 3.53. The van der Waals surface area contributed by atoms with Gasteiger partial charge in [0.2, 0.25) is 0 Å². The SMILES string of the molecule is CCS(=O)(=O)c1c(-c2nc3cc(OC(F)(F)F)cnc3n2C)nc2cc(C3(C#N)CC3)ccn12. The molecule has 9 nitrogen and oxygen atoms in total. The van der Waals surface area contributed by atoms with Crippen LogP contribution in [-0.2, 0) is 22.3 Å². The monoisotopic (exact) mass is 490 g/mol. The van der Waals surface area contributed by atoms with Gasteiger partial charge in [0.15, 0.2) is 26.3 Å². The summed E-state index contributed by atoms with van der Waals surface area (Å²) in [5, 5.41) is 9.43. The molecule has 5 rings (SSSR count). The van der Waals surface area contributed by atoms with E-state index in [2.05, 4.69) is 25.8 Å². The van der Waals surface area contributed by atoms with Crippen molar-refractivity contribution in [1.29, 1.82) is 5.26 Å². The van der Waals surface area contributed by atoms with E-state index in [0.29, 0.717) is 18.5 Å². The van der Waals surface area contributed by atoms with Crippen molar-refractivity contribution in [3.63, 3.8) is 0 Å². The number of aromatic nitrogens is 5. The summed E-state index contributed by atoms with van der Waals surface area (Å²) in [6, 6.07) is 6.77. The number of halogens is 3. The maximum atomic E-state index is 13.0. The molecule has 1 saturated carbocycles. The highest BCUT2D eigenvalue weighted by Gasteiger charge is 2.45. The van der Waals surface area contributed by atoms with Crippen molar-refractivity contribution >= 4 is 26.6 Å². The zero-order valence-corrected chi connectivity index (χ0v) is 18.8. The molecule has 1 fully saturated rings. The van der Waals surface area contributed by atoms with Gasteiger partial charge >= 0.3 is 6.36 Å². The van der Waals surface area contributed by atoms with Crippen molar-refractivity contribution < 1.29 is 26.3 Å². The van der Waals surface area contributed by atoms with Gasteiger partial charge in [-0.2, -0.15) is 5.26 Å². The zero-order chi connectivity index (χ0) is 24.5. The third kappa shape index (κ3) is 3.45. The number of pyridine rings is 2. The first kappa shape index (κ1) is 22.1. The normalized spacial score (nSPS) is 15.5. The molecule has 0 atom stereocenters. The Hall–Kier alpha value is -3.66. The number of rotatable bonds is 5. The standard InChI is InChI=1S/C21H17F3N6O3S/c1-3-34(31,32)19-16(28-15-8-12(4-7-30(15)19)20(11-25)5-6-20)18-27-14-9-13(33-21(22,23)24)10-26-17(14)29(18)2/h4,7-10H,3,5-6H2,1-2H3. The van der Waals surface area contributed by atoms with E-state index in [1.165, 1.54) is 15.9 Å². The van der Waals surface area contributed by atoms with Crippen molar-refractivity contribution in [2.45, 2.75) is 36.6 Å². The van der Waals surface area contributed by atoms with Crippen LogP contribution in [0.25, 0.3) is 28.3 Å². The van der Waals surface area contributed by atoms with Crippen molar-refractivity contribution in [2.75, 3.05) is 5.75 Å². The van der Waals surface area contributed by atoms with Crippen molar-refractivity contribution in [1.82, 2.24) is 23.9 Å². The van der Waals surface area contributed by atoms with E-state index >= 15 is 0 Å². The van der Waals surface area contributed by atoms with Gasteiger partial charge in [-0.3, -0.25) is 4.40 Å². The first-order valence-electron chi connectivity index (χ1n) is 10.2. The Morgan fingerprint density at radius 2 is 2.00 bits per heavy atom. The fraction of sp³-hybridized carbons (Fsp3) is 0.333. The fourth-order valence-electron chi connectivity index (χ4n) is 3.95. The van der Waals surface area contributed by atoms with Crippen LogP contribution < -0.4 is 4.74 Å². The summed E-state index contributed by atoms with van der Waals surface area (Å²) in [6.45, 7) is 1.50. The van der Waals surface area contributed by atoms with Crippen molar-refractivity contribution in [3.8, 4) is 23.3 Å². The lowest BCUT2D eigenvalue weighted by atomic mass is 9.99. The third-order valence-corrected chi connectivity index (χ3v) is 7.64. The molecule has 13 heteroatoms. The van der Waals surface area contributed by atoms with Gasteiger partial charge in [-0.25, -0.2) is 23.4 Å². The maximum Gasteiger partial charge on any atom is 0.573 e. The predicted molar refractivity (Wildman–Crippen MR) is 114 cm³/mol. The lowest BCUT2D eigenvalue weighted by Gasteiger charge is -2.08. The number of ether oxygens (including phenoxy) is 1. The minimum Gasteiger partial charge on any atom is -0.404 e. The molecule has 34 heavy (non-hydrogen) atoms. The summed E-state index contributed by atoms with van der Waals surface area (Å²) in [5.74, 6) is -0.633. The largest absolute Gasteiger partial charge is 0.573 e. The van der Waals surface area contributed by atoms with Gasteiger partial charge in [-0.15, -0.1) is 13.2 Å². The Balaban J connectivity index is 1.73. The molecule has 4 aromatic heterocycles.